The number of carbonyl (C=O) groups excluding carboxylic acids is 3. The highest BCUT2D eigenvalue weighted by Crippen LogP contribution is 2.29. The number of carboxylic acid groups (broad SMARTS) is 1. The second-order valence-electron chi connectivity index (χ2n) is 7.66. The van der Waals surface area contributed by atoms with Crippen molar-refractivity contribution in [2.45, 2.75) is 46.1 Å². The van der Waals surface area contributed by atoms with Crippen LogP contribution in [0.15, 0.2) is 23.9 Å². The fourth-order valence-electron chi connectivity index (χ4n) is 2.88. The van der Waals surface area contributed by atoms with Gasteiger partial charge in [-0.3, -0.25) is 14.4 Å². The van der Waals surface area contributed by atoms with Crippen molar-refractivity contribution in [3.8, 4) is 0 Å². The van der Waals surface area contributed by atoms with Crippen molar-refractivity contribution in [1.82, 2.24) is 5.06 Å². The molecule has 1 aliphatic rings. The minimum Gasteiger partial charge on any atom is -0.478 e. The van der Waals surface area contributed by atoms with Gasteiger partial charge in [0.25, 0.3) is 0 Å². The van der Waals surface area contributed by atoms with Gasteiger partial charge in [-0.05, 0) is 52.3 Å². The molecular formula is C20H24N2O6. The molecule has 0 bridgehead atoms. The minimum atomic E-state index is -1.25. The molecule has 1 aliphatic heterocycles. The number of allylic oxidation sites excluding steroid dienone is 1. The molecule has 150 valence electrons. The van der Waals surface area contributed by atoms with E-state index in [4.69, 9.17) is 4.84 Å². The quantitative estimate of drug-likeness (QED) is 0.589. The average molecular weight is 388 g/mol. The highest BCUT2D eigenvalue weighted by atomic mass is 16.7. The fourth-order valence-corrected chi connectivity index (χ4v) is 2.88. The van der Waals surface area contributed by atoms with Gasteiger partial charge in [0, 0.05) is 24.4 Å². The van der Waals surface area contributed by atoms with Gasteiger partial charge in [0.2, 0.25) is 5.91 Å². The molecular weight excluding hydrogens is 364 g/mol. The highest BCUT2D eigenvalue weighted by molar-refractivity contribution is 6.04. The van der Waals surface area contributed by atoms with Crippen molar-refractivity contribution in [3.05, 3.63) is 35.0 Å². The number of carbonyl (C=O) groups is 3. The normalized spacial score (nSPS) is 17.1. The van der Waals surface area contributed by atoms with Gasteiger partial charge in [-0.25, -0.2) is 14.7 Å². The van der Waals surface area contributed by atoms with Crippen LogP contribution in [0.4, 0.5) is 5.69 Å². The molecule has 8 nitrogen and oxygen atoms in total. The van der Waals surface area contributed by atoms with Crippen LogP contribution in [-0.2, 0) is 14.4 Å². The van der Waals surface area contributed by atoms with E-state index in [0.717, 1.165) is 0 Å². The molecule has 28 heavy (non-hydrogen) atoms. The van der Waals surface area contributed by atoms with Crippen molar-refractivity contribution in [2.24, 2.45) is 5.92 Å². The number of nitrogens with zero attached hydrogens (tertiary/aromatic N) is 1. The Morgan fingerprint density at radius 3 is 2.50 bits per heavy atom. The largest absolute Gasteiger partial charge is 0.478 e. The summed E-state index contributed by atoms with van der Waals surface area (Å²) in [6.07, 6.45) is 0.570. The highest BCUT2D eigenvalue weighted by Gasteiger charge is 2.32. The smallest absolute Gasteiger partial charge is 0.337 e. The van der Waals surface area contributed by atoms with Crippen molar-refractivity contribution in [1.29, 1.82) is 0 Å². The molecule has 0 radical (unpaired) electrons. The van der Waals surface area contributed by atoms with Crippen LogP contribution in [0, 0.1) is 5.92 Å². The Hall–Kier alpha value is -2.96. The number of benzene rings is 1. The monoisotopic (exact) mass is 388 g/mol. The number of carboxylic acids is 1. The standard InChI is InChI=1S/C20H24N2O6/c1-12(24)13-5-6-17(16(10-13)19(26)27)21-18(25)14-7-8-22(15(9-14)11-23)28-20(2,3)4/h5-6,10,14H,7-9H2,1-4H3,(H,21,25)(H,26,27). The van der Waals surface area contributed by atoms with E-state index in [1.165, 1.54) is 30.2 Å². The Morgan fingerprint density at radius 2 is 1.96 bits per heavy atom. The number of ketones is 1. The number of hydrogen-bond donors (Lipinski definition) is 2. The second-order valence-corrected chi connectivity index (χ2v) is 7.66. The van der Waals surface area contributed by atoms with Gasteiger partial charge < -0.3 is 10.4 Å². The number of amides is 1. The van der Waals surface area contributed by atoms with Crippen molar-refractivity contribution in [3.63, 3.8) is 0 Å². The lowest BCUT2D eigenvalue weighted by Gasteiger charge is -2.36. The van der Waals surface area contributed by atoms with Gasteiger partial charge in [0.05, 0.1) is 16.9 Å². The second kappa shape index (κ2) is 8.37. The fraction of sp³-hybridized carbons (Fsp3) is 0.450. The molecule has 2 N–H and O–H groups in total. The third-order valence-electron chi connectivity index (χ3n) is 4.21. The molecule has 0 saturated carbocycles. The third-order valence-corrected chi connectivity index (χ3v) is 4.21. The summed E-state index contributed by atoms with van der Waals surface area (Å²) >= 11 is 0. The van der Waals surface area contributed by atoms with E-state index < -0.39 is 23.4 Å². The first-order chi connectivity index (χ1) is 13.0. The lowest BCUT2D eigenvalue weighted by atomic mass is 9.94. The number of nitrogens with one attached hydrogen (secondary N) is 1. The van der Waals surface area contributed by atoms with Crippen molar-refractivity contribution in [2.75, 3.05) is 11.9 Å². The van der Waals surface area contributed by atoms with Crippen LogP contribution >= 0.6 is 0 Å². The number of piperidine rings is 1. The molecule has 0 aromatic heterocycles. The topological polar surface area (TPSA) is 113 Å². The molecule has 0 spiro atoms. The number of hydrogen-bond acceptors (Lipinski definition) is 6. The van der Waals surface area contributed by atoms with Crippen LogP contribution in [0.25, 0.3) is 0 Å². The summed E-state index contributed by atoms with van der Waals surface area (Å²) in [6.45, 7) is 7.24. The van der Waals surface area contributed by atoms with Crippen LogP contribution in [-0.4, -0.2) is 45.9 Å². The SMILES string of the molecule is CC(=O)c1ccc(NC(=O)C2CCN(OC(C)(C)C)C(=C=O)C2)c(C(=O)O)c1. The Morgan fingerprint density at radius 1 is 1.29 bits per heavy atom. The van der Waals surface area contributed by atoms with Crippen LogP contribution in [0.3, 0.4) is 0 Å². The molecule has 1 amide bonds. The number of rotatable bonds is 5. The molecule has 0 aliphatic carbocycles. The molecule has 8 heteroatoms. The van der Waals surface area contributed by atoms with E-state index in [9.17, 15) is 24.3 Å². The lowest BCUT2D eigenvalue weighted by Crippen LogP contribution is -2.41. The maximum atomic E-state index is 12.6. The number of hydroxylamine groups is 2. The van der Waals surface area contributed by atoms with Gasteiger partial charge in [0.1, 0.15) is 11.6 Å². The Balaban J connectivity index is 2.15. The zero-order valence-electron chi connectivity index (χ0n) is 16.4. The first-order valence-corrected chi connectivity index (χ1v) is 8.91. The molecule has 1 aromatic carbocycles. The maximum absolute atomic E-state index is 12.6. The van der Waals surface area contributed by atoms with E-state index in [-0.39, 0.29) is 34.7 Å². The summed E-state index contributed by atoms with van der Waals surface area (Å²) in [5.41, 5.74) is -0.0689. The van der Waals surface area contributed by atoms with Crippen molar-refractivity contribution >= 4 is 29.3 Å². The minimum absolute atomic E-state index is 0.104. The van der Waals surface area contributed by atoms with Crippen LogP contribution in [0.5, 0.6) is 0 Å². The Kier molecular flexibility index (Phi) is 6.38. The summed E-state index contributed by atoms with van der Waals surface area (Å²) in [6, 6.07) is 4.09. The predicted molar refractivity (Wildman–Crippen MR) is 102 cm³/mol. The Labute approximate surface area is 163 Å². The van der Waals surface area contributed by atoms with Crippen LogP contribution < -0.4 is 5.32 Å². The van der Waals surface area contributed by atoms with Gasteiger partial charge in [-0.2, -0.15) is 0 Å². The third kappa shape index (κ3) is 5.28. The van der Waals surface area contributed by atoms with Gasteiger partial charge in [-0.15, -0.1) is 0 Å². The summed E-state index contributed by atoms with van der Waals surface area (Å²) < 4.78 is 0. The zero-order chi connectivity index (χ0) is 21.1. The van der Waals surface area contributed by atoms with E-state index in [1.807, 2.05) is 26.7 Å². The number of Topliss-reactive ketones (excluding diaryl/α,β-unsaturated/α-hetero) is 1. The molecule has 1 aromatic rings. The Bertz CT molecular complexity index is 849. The number of anilines is 1. The van der Waals surface area contributed by atoms with Crippen LogP contribution in [0.2, 0.25) is 0 Å². The van der Waals surface area contributed by atoms with E-state index in [1.54, 1.807) is 0 Å². The van der Waals surface area contributed by atoms with E-state index >= 15 is 0 Å². The first-order valence-electron chi connectivity index (χ1n) is 8.91. The summed E-state index contributed by atoms with van der Waals surface area (Å²) in [5.74, 6) is -0.614. The molecule has 1 atom stereocenters. The summed E-state index contributed by atoms with van der Waals surface area (Å²) in [7, 11) is 0. The summed E-state index contributed by atoms with van der Waals surface area (Å²) in [4.78, 5) is 52.6. The molecule has 1 saturated heterocycles. The van der Waals surface area contributed by atoms with E-state index in [2.05, 4.69) is 5.32 Å². The van der Waals surface area contributed by atoms with Crippen LogP contribution in [0.1, 0.15) is 61.3 Å². The van der Waals surface area contributed by atoms with E-state index in [0.29, 0.717) is 13.0 Å². The van der Waals surface area contributed by atoms with Gasteiger partial charge in [-0.1, -0.05) is 0 Å². The first kappa shape index (κ1) is 21.3. The average Bonchev–Trinajstić information content (AvgIpc) is 2.60. The summed E-state index contributed by atoms with van der Waals surface area (Å²) in [5, 5.41) is 13.4. The number of aromatic carboxylic acids is 1. The molecule has 1 unspecified atom stereocenters. The molecule has 1 heterocycles. The van der Waals surface area contributed by atoms with Gasteiger partial charge in [0.15, 0.2) is 5.78 Å². The zero-order valence-corrected chi connectivity index (χ0v) is 16.4. The molecule has 1 fully saturated rings. The lowest BCUT2D eigenvalue weighted by molar-refractivity contribution is -0.215. The van der Waals surface area contributed by atoms with Crippen molar-refractivity contribution < 1.29 is 29.1 Å². The maximum Gasteiger partial charge on any atom is 0.337 e. The molecule has 2 rings (SSSR count). The predicted octanol–water partition coefficient (Wildman–Crippen LogP) is 2.68. The van der Waals surface area contributed by atoms with Gasteiger partial charge >= 0.3 is 5.97 Å².